The van der Waals surface area contributed by atoms with Gasteiger partial charge in [-0.05, 0) is 44.6 Å². The molecule has 0 spiro atoms. The zero-order valence-corrected chi connectivity index (χ0v) is 11.4. The van der Waals surface area contributed by atoms with Crippen LogP contribution in [0.15, 0.2) is 0 Å². The van der Waals surface area contributed by atoms with Crippen LogP contribution in [-0.4, -0.2) is 36.5 Å². The highest BCUT2D eigenvalue weighted by Gasteiger charge is 2.32. The molecule has 0 saturated carbocycles. The summed E-state index contributed by atoms with van der Waals surface area (Å²) in [6.07, 6.45) is 3.20. The molecule has 0 aromatic heterocycles. The van der Waals surface area contributed by atoms with Gasteiger partial charge in [0.15, 0.2) is 0 Å². The molecule has 0 aromatic rings. The summed E-state index contributed by atoms with van der Waals surface area (Å²) >= 11 is 0. The first-order chi connectivity index (χ1) is 8.08. The number of carbonyl (C=O) groups excluding carboxylic acids is 1. The minimum absolute atomic E-state index is 0.270. The number of amides is 1. The first kappa shape index (κ1) is 12.9. The summed E-state index contributed by atoms with van der Waals surface area (Å²) in [5.41, 5.74) is 0. The van der Waals surface area contributed by atoms with Crippen LogP contribution < -0.4 is 5.32 Å². The molecule has 0 aromatic carbocycles. The van der Waals surface area contributed by atoms with E-state index in [1.165, 1.54) is 6.42 Å². The van der Waals surface area contributed by atoms with Gasteiger partial charge in [-0.1, -0.05) is 13.8 Å². The molecule has 1 N–H and O–H groups in total. The standard InChI is InChI=1S/C14H26N2O/c1-10-5-7-16(9-11(10)2)14(17)13-4-6-15-12(3)8-13/h10-13,15H,4-9H2,1-3H3. The van der Waals surface area contributed by atoms with Crippen LogP contribution in [0.1, 0.15) is 40.0 Å². The number of hydrogen-bond donors (Lipinski definition) is 1. The molecular formula is C14H26N2O. The largest absolute Gasteiger partial charge is 0.342 e. The molecule has 4 atom stereocenters. The van der Waals surface area contributed by atoms with Crippen molar-refractivity contribution in [2.24, 2.45) is 17.8 Å². The average molecular weight is 238 g/mol. The summed E-state index contributed by atoms with van der Waals surface area (Å²) in [5, 5.41) is 3.41. The van der Waals surface area contributed by atoms with Crippen LogP contribution in [0.2, 0.25) is 0 Å². The molecule has 2 heterocycles. The Morgan fingerprint density at radius 3 is 2.59 bits per heavy atom. The van der Waals surface area contributed by atoms with Crippen LogP contribution in [0.4, 0.5) is 0 Å². The Bertz CT molecular complexity index is 279. The molecular weight excluding hydrogens is 212 g/mol. The maximum Gasteiger partial charge on any atom is 0.225 e. The Hall–Kier alpha value is -0.570. The smallest absolute Gasteiger partial charge is 0.225 e. The van der Waals surface area contributed by atoms with Crippen LogP contribution in [0.25, 0.3) is 0 Å². The summed E-state index contributed by atoms with van der Waals surface area (Å²) < 4.78 is 0. The fraction of sp³-hybridized carbons (Fsp3) is 0.929. The van der Waals surface area contributed by atoms with E-state index in [-0.39, 0.29) is 5.92 Å². The molecule has 2 saturated heterocycles. The molecule has 3 heteroatoms. The van der Waals surface area contributed by atoms with Crippen molar-refractivity contribution in [2.75, 3.05) is 19.6 Å². The Labute approximate surface area is 105 Å². The van der Waals surface area contributed by atoms with E-state index in [0.717, 1.165) is 38.4 Å². The number of likely N-dealkylation sites (tertiary alicyclic amines) is 1. The van der Waals surface area contributed by atoms with Gasteiger partial charge in [0.2, 0.25) is 5.91 Å². The monoisotopic (exact) mass is 238 g/mol. The highest BCUT2D eigenvalue weighted by Crippen LogP contribution is 2.26. The van der Waals surface area contributed by atoms with Crippen molar-refractivity contribution in [3.8, 4) is 0 Å². The molecule has 0 aliphatic carbocycles. The van der Waals surface area contributed by atoms with E-state index in [1.807, 2.05) is 0 Å². The normalized spacial score (nSPS) is 39.1. The van der Waals surface area contributed by atoms with Gasteiger partial charge in [0, 0.05) is 25.0 Å². The van der Waals surface area contributed by atoms with Crippen LogP contribution in [0, 0.1) is 17.8 Å². The van der Waals surface area contributed by atoms with Gasteiger partial charge in [-0.25, -0.2) is 0 Å². The van der Waals surface area contributed by atoms with E-state index in [0.29, 0.717) is 17.9 Å². The second-order valence-electron chi connectivity index (χ2n) is 6.10. The van der Waals surface area contributed by atoms with E-state index >= 15 is 0 Å². The second-order valence-corrected chi connectivity index (χ2v) is 6.10. The van der Waals surface area contributed by atoms with Gasteiger partial charge in [-0.2, -0.15) is 0 Å². The number of rotatable bonds is 1. The van der Waals surface area contributed by atoms with Crippen molar-refractivity contribution in [3.05, 3.63) is 0 Å². The zero-order valence-electron chi connectivity index (χ0n) is 11.4. The molecule has 2 aliphatic heterocycles. The Kier molecular flexibility index (Phi) is 4.08. The SMILES string of the molecule is CC1CC(C(=O)N2CCC(C)C(C)C2)CCN1. The van der Waals surface area contributed by atoms with Crippen LogP contribution in [0.3, 0.4) is 0 Å². The van der Waals surface area contributed by atoms with Gasteiger partial charge >= 0.3 is 0 Å². The highest BCUT2D eigenvalue weighted by molar-refractivity contribution is 5.79. The van der Waals surface area contributed by atoms with E-state index in [2.05, 4.69) is 31.0 Å². The van der Waals surface area contributed by atoms with Crippen molar-refractivity contribution in [1.82, 2.24) is 10.2 Å². The highest BCUT2D eigenvalue weighted by atomic mass is 16.2. The summed E-state index contributed by atoms with van der Waals surface area (Å²) in [6.45, 7) is 9.70. The summed E-state index contributed by atoms with van der Waals surface area (Å²) in [5.74, 6) is 2.11. The number of carbonyl (C=O) groups is 1. The number of nitrogens with one attached hydrogen (secondary N) is 1. The average Bonchev–Trinajstić information content (AvgIpc) is 2.32. The molecule has 2 fully saturated rings. The van der Waals surface area contributed by atoms with E-state index in [4.69, 9.17) is 0 Å². The van der Waals surface area contributed by atoms with Gasteiger partial charge < -0.3 is 10.2 Å². The molecule has 17 heavy (non-hydrogen) atoms. The van der Waals surface area contributed by atoms with Gasteiger partial charge in [0.05, 0.1) is 0 Å². The Morgan fingerprint density at radius 1 is 1.18 bits per heavy atom. The lowest BCUT2D eigenvalue weighted by atomic mass is 9.86. The van der Waals surface area contributed by atoms with E-state index < -0.39 is 0 Å². The molecule has 2 aliphatic rings. The van der Waals surface area contributed by atoms with Gasteiger partial charge in [-0.3, -0.25) is 4.79 Å². The van der Waals surface area contributed by atoms with Crippen molar-refractivity contribution >= 4 is 5.91 Å². The van der Waals surface area contributed by atoms with E-state index in [9.17, 15) is 4.79 Å². The first-order valence-electron chi connectivity index (χ1n) is 7.10. The first-order valence-corrected chi connectivity index (χ1v) is 7.10. The van der Waals surface area contributed by atoms with Crippen LogP contribution in [0.5, 0.6) is 0 Å². The molecule has 4 unspecified atom stereocenters. The lowest BCUT2D eigenvalue weighted by Gasteiger charge is -2.38. The van der Waals surface area contributed by atoms with Gasteiger partial charge in [0.25, 0.3) is 0 Å². The predicted molar refractivity (Wildman–Crippen MR) is 69.7 cm³/mol. The lowest BCUT2D eigenvalue weighted by Crippen LogP contribution is -2.48. The zero-order chi connectivity index (χ0) is 12.4. The molecule has 0 radical (unpaired) electrons. The second kappa shape index (κ2) is 5.38. The predicted octanol–water partition coefficient (Wildman–Crippen LogP) is 1.88. The van der Waals surface area contributed by atoms with Crippen molar-refractivity contribution in [2.45, 2.75) is 46.1 Å². The Balaban J connectivity index is 1.91. The van der Waals surface area contributed by atoms with Crippen molar-refractivity contribution < 1.29 is 4.79 Å². The third kappa shape index (κ3) is 3.01. The molecule has 2 rings (SSSR count). The number of piperidine rings is 2. The maximum atomic E-state index is 12.4. The van der Waals surface area contributed by atoms with Crippen LogP contribution >= 0.6 is 0 Å². The Morgan fingerprint density at radius 2 is 1.94 bits per heavy atom. The minimum atomic E-state index is 0.270. The molecule has 0 bridgehead atoms. The van der Waals surface area contributed by atoms with Crippen LogP contribution in [-0.2, 0) is 4.79 Å². The third-order valence-corrected chi connectivity index (χ3v) is 4.62. The number of hydrogen-bond acceptors (Lipinski definition) is 2. The number of nitrogens with zero attached hydrogens (tertiary/aromatic N) is 1. The molecule has 98 valence electrons. The van der Waals surface area contributed by atoms with Gasteiger partial charge in [-0.15, -0.1) is 0 Å². The van der Waals surface area contributed by atoms with Crippen molar-refractivity contribution in [3.63, 3.8) is 0 Å². The maximum absolute atomic E-state index is 12.4. The fourth-order valence-electron chi connectivity index (χ4n) is 3.08. The third-order valence-electron chi connectivity index (χ3n) is 4.62. The molecule has 1 amide bonds. The van der Waals surface area contributed by atoms with E-state index in [1.54, 1.807) is 0 Å². The lowest BCUT2D eigenvalue weighted by molar-refractivity contribution is -0.139. The van der Waals surface area contributed by atoms with Crippen molar-refractivity contribution in [1.29, 1.82) is 0 Å². The summed E-state index contributed by atoms with van der Waals surface area (Å²) in [7, 11) is 0. The summed E-state index contributed by atoms with van der Waals surface area (Å²) in [4.78, 5) is 14.6. The van der Waals surface area contributed by atoms with Gasteiger partial charge in [0.1, 0.15) is 0 Å². The topological polar surface area (TPSA) is 32.3 Å². The molecule has 3 nitrogen and oxygen atoms in total. The summed E-state index contributed by atoms with van der Waals surface area (Å²) in [6, 6.07) is 0.499. The quantitative estimate of drug-likeness (QED) is 0.756. The fourth-order valence-corrected chi connectivity index (χ4v) is 3.08. The minimum Gasteiger partial charge on any atom is -0.342 e.